The molecule has 0 atom stereocenters. The van der Waals surface area contributed by atoms with Gasteiger partial charge < -0.3 is 17.7 Å². The van der Waals surface area contributed by atoms with Crippen LogP contribution in [0.1, 0.15) is 88.0 Å². The molecule has 0 heterocycles. The molecular formula is C20H46O4Si2. The molecule has 0 unspecified atom stereocenters. The van der Waals surface area contributed by atoms with Crippen LogP contribution in [0.3, 0.4) is 0 Å². The Balaban J connectivity index is 5.97. The van der Waals surface area contributed by atoms with Crippen molar-refractivity contribution in [2.75, 3.05) is 0 Å². The van der Waals surface area contributed by atoms with Crippen LogP contribution in [0.4, 0.5) is 0 Å². The van der Waals surface area contributed by atoms with Gasteiger partial charge in [-0.1, -0.05) is 26.2 Å². The van der Waals surface area contributed by atoms with E-state index in [2.05, 4.69) is 75.4 Å². The van der Waals surface area contributed by atoms with Gasteiger partial charge in [0.1, 0.15) is 0 Å². The summed E-state index contributed by atoms with van der Waals surface area (Å²) in [6.45, 7) is 23.5. The van der Waals surface area contributed by atoms with Crippen molar-refractivity contribution in [2.24, 2.45) is 0 Å². The fraction of sp³-hybridized carbons (Fsp3) is 1.00. The molecule has 0 aromatic heterocycles. The molecule has 26 heavy (non-hydrogen) atoms. The van der Waals surface area contributed by atoms with E-state index in [0.29, 0.717) is 0 Å². The molecule has 0 aromatic rings. The molecule has 6 heteroatoms. The highest BCUT2D eigenvalue weighted by Crippen LogP contribution is 2.41. The lowest BCUT2D eigenvalue weighted by Crippen LogP contribution is -2.60. The predicted molar refractivity (Wildman–Crippen MR) is 116 cm³/mol. The Hall–Kier alpha value is 0.274. The average Bonchev–Trinajstić information content (AvgIpc) is 2.39. The highest BCUT2D eigenvalue weighted by molar-refractivity contribution is 6.87. The second kappa shape index (κ2) is 12.0. The van der Waals surface area contributed by atoms with Crippen molar-refractivity contribution in [3.63, 3.8) is 0 Å². The first-order chi connectivity index (χ1) is 11.9. The SMILES string of the molecule is CCCCCC([Si](C)(OC(C)C)OC(C)C)[Si](C)(OC(C)C)OC(C)C. The van der Waals surface area contributed by atoms with E-state index >= 15 is 0 Å². The Morgan fingerprint density at radius 1 is 0.577 bits per heavy atom. The molecule has 0 saturated heterocycles. The normalized spacial score (nSPS) is 13.8. The molecule has 0 amide bonds. The quantitative estimate of drug-likeness (QED) is 0.250. The molecule has 0 radical (unpaired) electrons. The Labute approximate surface area is 165 Å². The van der Waals surface area contributed by atoms with Crippen molar-refractivity contribution >= 4 is 17.1 Å². The summed E-state index contributed by atoms with van der Waals surface area (Å²) in [6, 6.07) is 0. The van der Waals surface area contributed by atoms with E-state index in [9.17, 15) is 0 Å². The second-order valence-electron chi connectivity index (χ2n) is 8.75. The third-order valence-electron chi connectivity index (χ3n) is 4.24. The summed E-state index contributed by atoms with van der Waals surface area (Å²) in [7, 11) is -5.02. The summed E-state index contributed by atoms with van der Waals surface area (Å²) >= 11 is 0. The van der Waals surface area contributed by atoms with Gasteiger partial charge in [-0.25, -0.2) is 0 Å². The Kier molecular flexibility index (Phi) is 12.1. The summed E-state index contributed by atoms with van der Waals surface area (Å²) in [4.78, 5) is 0. The maximum absolute atomic E-state index is 6.54. The van der Waals surface area contributed by atoms with E-state index in [0.717, 1.165) is 12.8 Å². The monoisotopic (exact) mass is 406 g/mol. The first-order valence-corrected chi connectivity index (χ1v) is 15.4. The van der Waals surface area contributed by atoms with Gasteiger partial charge in [0.2, 0.25) is 0 Å². The number of hydrogen-bond acceptors (Lipinski definition) is 4. The van der Waals surface area contributed by atoms with Crippen LogP contribution >= 0.6 is 0 Å². The lowest BCUT2D eigenvalue weighted by molar-refractivity contribution is 0.0798. The molecule has 0 fully saturated rings. The largest absolute Gasteiger partial charge is 0.392 e. The van der Waals surface area contributed by atoms with Gasteiger partial charge in [-0.05, 0) is 74.9 Å². The molecule has 4 nitrogen and oxygen atoms in total. The molecule has 158 valence electrons. The minimum Gasteiger partial charge on any atom is -0.392 e. The Bertz CT molecular complexity index is 323. The molecule has 0 N–H and O–H groups in total. The Morgan fingerprint density at radius 3 is 1.12 bits per heavy atom. The maximum atomic E-state index is 6.54. The fourth-order valence-corrected chi connectivity index (χ4v) is 14.5. The zero-order chi connectivity index (χ0) is 20.5. The van der Waals surface area contributed by atoms with Crippen LogP contribution in [-0.2, 0) is 17.7 Å². The predicted octanol–water partition coefficient (Wildman–Crippen LogP) is 6.32. The first kappa shape index (κ1) is 26.3. The molecule has 0 aromatic carbocycles. The van der Waals surface area contributed by atoms with Gasteiger partial charge in [0.05, 0.1) is 0 Å². The van der Waals surface area contributed by atoms with Gasteiger partial charge >= 0.3 is 17.1 Å². The van der Waals surface area contributed by atoms with Crippen LogP contribution in [0.25, 0.3) is 0 Å². The smallest absolute Gasteiger partial charge is 0.340 e. The molecule has 0 bridgehead atoms. The van der Waals surface area contributed by atoms with Gasteiger partial charge in [0.25, 0.3) is 0 Å². The van der Waals surface area contributed by atoms with Gasteiger partial charge in [-0.3, -0.25) is 0 Å². The van der Waals surface area contributed by atoms with Gasteiger partial charge in [-0.2, -0.15) is 0 Å². The van der Waals surface area contributed by atoms with Crippen molar-refractivity contribution in [1.82, 2.24) is 0 Å². The molecule has 0 spiro atoms. The minimum atomic E-state index is -2.51. The van der Waals surface area contributed by atoms with E-state index in [4.69, 9.17) is 17.7 Å². The van der Waals surface area contributed by atoms with E-state index in [1.54, 1.807) is 0 Å². The van der Waals surface area contributed by atoms with Crippen molar-refractivity contribution < 1.29 is 17.7 Å². The van der Waals surface area contributed by atoms with E-state index < -0.39 is 17.1 Å². The van der Waals surface area contributed by atoms with Crippen LogP contribution < -0.4 is 0 Å². The molecule has 0 saturated carbocycles. The van der Waals surface area contributed by atoms with Crippen LogP contribution in [0.15, 0.2) is 0 Å². The lowest BCUT2D eigenvalue weighted by Gasteiger charge is -2.45. The van der Waals surface area contributed by atoms with Gasteiger partial charge in [0, 0.05) is 29.6 Å². The third-order valence-corrected chi connectivity index (χ3v) is 14.3. The zero-order valence-corrected chi connectivity index (χ0v) is 21.3. The van der Waals surface area contributed by atoms with Crippen LogP contribution in [0.5, 0.6) is 0 Å². The summed E-state index contributed by atoms with van der Waals surface area (Å²) in [5.74, 6) is 0. The minimum absolute atomic E-state index is 0.135. The summed E-state index contributed by atoms with van der Waals surface area (Å²) in [5.41, 5.74) is 0. The third kappa shape index (κ3) is 9.46. The summed E-state index contributed by atoms with van der Waals surface area (Å²) in [5, 5.41) is 0.233. The van der Waals surface area contributed by atoms with Crippen molar-refractivity contribution in [3.05, 3.63) is 0 Å². The lowest BCUT2D eigenvalue weighted by atomic mass is 10.2. The summed E-state index contributed by atoms with van der Waals surface area (Å²) < 4.78 is 26.2. The molecular weight excluding hydrogens is 360 g/mol. The van der Waals surface area contributed by atoms with Crippen LogP contribution in [0.2, 0.25) is 18.3 Å². The molecule has 0 aliphatic heterocycles. The topological polar surface area (TPSA) is 36.9 Å². The molecule has 0 aliphatic rings. The highest BCUT2D eigenvalue weighted by atomic mass is 28.4. The molecule has 0 aliphatic carbocycles. The number of rotatable bonds is 14. The Morgan fingerprint density at radius 2 is 0.885 bits per heavy atom. The van der Waals surface area contributed by atoms with Gasteiger partial charge in [-0.15, -0.1) is 0 Å². The van der Waals surface area contributed by atoms with Crippen LogP contribution in [-0.4, -0.2) is 41.5 Å². The average molecular weight is 407 g/mol. The molecule has 0 rings (SSSR count). The van der Waals surface area contributed by atoms with E-state index in [-0.39, 0.29) is 29.6 Å². The van der Waals surface area contributed by atoms with Crippen molar-refractivity contribution in [1.29, 1.82) is 0 Å². The van der Waals surface area contributed by atoms with Crippen molar-refractivity contribution in [3.8, 4) is 0 Å². The van der Waals surface area contributed by atoms with E-state index in [1.807, 2.05) is 0 Å². The van der Waals surface area contributed by atoms with E-state index in [1.165, 1.54) is 12.8 Å². The summed E-state index contributed by atoms with van der Waals surface area (Å²) in [6.07, 6.45) is 5.18. The zero-order valence-electron chi connectivity index (χ0n) is 19.3. The fourth-order valence-electron chi connectivity index (χ4n) is 3.86. The standard InChI is InChI=1S/C20H46O4Si2/c1-12-13-14-15-20(25(10,21-16(2)3)22-17(4)5)26(11,23-18(6)7)24-19(8)9/h16-20H,12-15H2,1-11H3. The first-order valence-electron chi connectivity index (χ1n) is 10.6. The van der Waals surface area contributed by atoms with Crippen LogP contribution in [0, 0.1) is 0 Å². The number of hydrogen-bond donors (Lipinski definition) is 0. The number of unbranched alkanes of at least 4 members (excludes halogenated alkanes) is 2. The van der Waals surface area contributed by atoms with Crippen molar-refractivity contribution in [2.45, 2.75) is 131 Å². The second-order valence-corrected chi connectivity index (χ2v) is 15.7. The highest BCUT2D eigenvalue weighted by Gasteiger charge is 2.56. The van der Waals surface area contributed by atoms with Gasteiger partial charge in [0.15, 0.2) is 0 Å². The maximum Gasteiger partial charge on any atom is 0.340 e.